The molecule has 0 aromatic heterocycles. The molecule has 3 rings (SSSR count). The second-order valence-electron chi connectivity index (χ2n) is 5.49. The van der Waals surface area contributed by atoms with Crippen molar-refractivity contribution in [3.63, 3.8) is 0 Å². The number of halogens is 3. The van der Waals surface area contributed by atoms with E-state index < -0.39 is 38.2 Å². The second-order valence-corrected chi connectivity index (χ2v) is 6.91. The molecule has 11 heteroatoms. The zero-order chi connectivity index (χ0) is 19.8. The van der Waals surface area contributed by atoms with Gasteiger partial charge in [-0.1, -0.05) is 42.1 Å². The normalized spacial score (nSPS) is 12.3. The smallest absolute Gasteiger partial charge is 0.871 e. The number of azo groups is 1. The molecule has 0 atom stereocenters. The first-order valence-electron chi connectivity index (χ1n) is 7.36. The molecule has 0 spiro atoms. The van der Waals surface area contributed by atoms with Crippen LogP contribution in [0.4, 0.5) is 24.5 Å². The Morgan fingerprint density at radius 3 is 2.29 bits per heavy atom. The van der Waals surface area contributed by atoms with E-state index in [0.717, 1.165) is 12.1 Å². The van der Waals surface area contributed by atoms with Gasteiger partial charge in [0.05, 0.1) is 21.8 Å². The van der Waals surface area contributed by atoms with Crippen LogP contribution in [0.25, 0.3) is 10.8 Å². The van der Waals surface area contributed by atoms with Gasteiger partial charge >= 0.3 is 35.7 Å². The molecule has 3 aromatic carbocycles. The van der Waals surface area contributed by atoms with Gasteiger partial charge in [0.15, 0.2) is 0 Å². The van der Waals surface area contributed by atoms with Crippen molar-refractivity contribution in [2.45, 2.75) is 11.1 Å². The summed E-state index contributed by atoms with van der Waals surface area (Å²) >= 11 is 0. The van der Waals surface area contributed by atoms with Crippen molar-refractivity contribution < 1.29 is 60.8 Å². The van der Waals surface area contributed by atoms with Gasteiger partial charge in [0.25, 0.3) is 10.1 Å². The minimum atomic E-state index is -4.95. The number of alkyl halides is 3. The Bertz CT molecular complexity index is 1160. The van der Waals surface area contributed by atoms with Crippen LogP contribution in [0.15, 0.2) is 69.7 Å². The largest absolute Gasteiger partial charge is 1.00 e. The predicted octanol–water partition coefficient (Wildman–Crippen LogP) is 1.60. The molecule has 0 fully saturated rings. The van der Waals surface area contributed by atoms with Crippen molar-refractivity contribution in [3.05, 3.63) is 60.2 Å². The van der Waals surface area contributed by atoms with Gasteiger partial charge in [-0.3, -0.25) is 4.55 Å². The van der Waals surface area contributed by atoms with Gasteiger partial charge in [-0.25, -0.2) is 0 Å². The summed E-state index contributed by atoms with van der Waals surface area (Å²) in [4.78, 5) is -0.927. The molecule has 140 valence electrons. The number of hydrogen-bond donors (Lipinski definition) is 1. The fourth-order valence-corrected chi connectivity index (χ4v) is 2.94. The summed E-state index contributed by atoms with van der Waals surface area (Å²) < 4.78 is 70.8. The van der Waals surface area contributed by atoms with Gasteiger partial charge in [0.1, 0.15) is 0 Å². The quantitative estimate of drug-likeness (QED) is 0.397. The molecule has 0 saturated carbocycles. The summed E-state index contributed by atoms with van der Waals surface area (Å²) in [7, 11) is -4.83. The maximum Gasteiger partial charge on any atom is 1.00 e. The standard InChI is InChI=1S/C17H11F3N2O4S.Na/c18-17(19,20)13-9-11(27(24,25)26)6-7-14(13)21-22-16-12-4-2-1-3-10(12)5-8-15(16)23;/h1-9,23H,(H,24,25,26);/q;+1/p-1. The third-order valence-electron chi connectivity index (χ3n) is 3.69. The fourth-order valence-electron chi connectivity index (χ4n) is 2.43. The van der Waals surface area contributed by atoms with Crippen LogP contribution in [0.5, 0.6) is 5.75 Å². The van der Waals surface area contributed by atoms with Crippen molar-refractivity contribution in [3.8, 4) is 5.75 Å². The molecule has 3 aromatic rings. The zero-order valence-corrected chi connectivity index (χ0v) is 17.1. The average Bonchev–Trinajstić information content (AvgIpc) is 2.59. The number of nitrogens with zero attached hydrogens (tertiary/aromatic N) is 2. The minimum Gasteiger partial charge on any atom is -0.871 e. The van der Waals surface area contributed by atoms with Crippen LogP contribution in [-0.4, -0.2) is 13.0 Å². The third-order valence-corrected chi connectivity index (χ3v) is 4.54. The van der Waals surface area contributed by atoms with Gasteiger partial charge in [-0.2, -0.15) is 26.7 Å². The Hall–Kier alpha value is -1.98. The van der Waals surface area contributed by atoms with Crippen LogP contribution in [0.3, 0.4) is 0 Å². The molecule has 6 nitrogen and oxygen atoms in total. The zero-order valence-electron chi connectivity index (χ0n) is 14.3. The summed E-state index contributed by atoms with van der Waals surface area (Å²) in [5.41, 5.74) is -2.24. The van der Waals surface area contributed by atoms with Crippen LogP contribution in [-0.2, 0) is 16.3 Å². The molecular weight excluding hydrogens is 408 g/mol. The fraction of sp³-hybridized carbons (Fsp3) is 0.0588. The monoisotopic (exact) mass is 418 g/mol. The second kappa shape index (κ2) is 8.18. The summed E-state index contributed by atoms with van der Waals surface area (Å²) in [6, 6.07) is 11.2. The maximum absolute atomic E-state index is 13.2. The topological polar surface area (TPSA) is 102 Å². The van der Waals surface area contributed by atoms with Gasteiger partial charge in [0.2, 0.25) is 0 Å². The van der Waals surface area contributed by atoms with Crippen molar-refractivity contribution in [2.75, 3.05) is 0 Å². The number of hydrogen-bond acceptors (Lipinski definition) is 5. The molecule has 0 heterocycles. The van der Waals surface area contributed by atoms with Crippen molar-refractivity contribution in [2.24, 2.45) is 10.2 Å². The number of rotatable bonds is 3. The van der Waals surface area contributed by atoms with E-state index in [2.05, 4.69) is 10.2 Å². The Labute approximate surface area is 179 Å². The van der Waals surface area contributed by atoms with E-state index in [1.807, 2.05) is 0 Å². The van der Waals surface area contributed by atoms with E-state index in [1.165, 1.54) is 6.07 Å². The molecule has 0 aliphatic heterocycles. The molecule has 0 bridgehead atoms. The van der Waals surface area contributed by atoms with Crippen LogP contribution in [0, 0.1) is 0 Å². The first kappa shape index (κ1) is 22.3. The van der Waals surface area contributed by atoms with Crippen LogP contribution >= 0.6 is 0 Å². The van der Waals surface area contributed by atoms with Gasteiger partial charge in [-0.05, 0) is 23.6 Å². The van der Waals surface area contributed by atoms with E-state index in [-0.39, 0.29) is 41.3 Å². The average molecular weight is 418 g/mol. The molecule has 0 aliphatic carbocycles. The number of fused-ring (bicyclic) bond motifs is 1. The Morgan fingerprint density at radius 2 is 1.64 bits per heavy atom. The molecule has 1 N–H and O–H groups in total. The molecule has 0 aliphatic rings. The van der Waals surface area contributed by atoms with Crippen molar-refractivity contribution in [1.82, 2.24) is 0 Å². The third kappa shape index (κ3) is 4.70. The number of benzene rings is 3. The van der Waals surface area contributed by atoms with E-state index in [1.54, 1.807) is 30.3 Å². The summed E-state index contributed by atoms with van der Waals surface area (Å²) in [5.74, 6) is -0.527. The van der Waals surface area contributed by atoms with Crippen LogP contribution in [0.2, 0.25) is 0 Å². The Morgan fingerprint density at radius 1 is 0.964 bits per heavy atom. The molecule has 0 unspecified atom stereocenters. The summed E-state index contributed by atoms with van der Waals surface area (Å²) in [6.45, 7) is 0. The van der Waals surface area contributed by atoms with E-state index in [4.69, 9.17) is 4.55 Å². The van der Waals surface area contributed by atoms with Crippen LogP contribution < -0.4 is 34.7 Å². The van der Waals surface area contributed by atoms with Crippen LogP contribution in [0.1, 0.15) is 5.56 Å². The molecule has 0 radical (unpaired) electrons. The first-order valence-corrected chi connectivity index (χ1v) is 8.80. The minimum absolute atomic E-state index is 0. The van der Waals surface area contributed by atoms with Crippen molar-refractivity contribution in [1.29, 1.82) is 0 Å². The predicted molar refractivity (Wildman–Crippen MR) is 88.8 cm³/mol. The van der Waals surface area contributed by atoms with Crippen molar-refractivity contribution >= 4 is 32.3 Å². The van der Waals surface area contributed by atoms with Gasteiger partial charge < -0.3 is 5.11 Å². The Balaban J connectivity index is 0.00000280. The van der Waals surface area contributed by atoms with E-state index in [9.17, 15) is 26.7 Å². The maximum atomic E-state index is 13.2. The Kier molecular flexibility index (Phi) is 6.51. The van der Waals surface area contributed by atoms with Gasteiger partial charge in [-0.15, -0.1) is 5.11 Å². The van der Waals surface area contributed by atoms with E-state index in [0.29, 0.717) is 10.8 Å². The summed E-state index contributed by atoms with van der Waals surface area (Å²) in [6.07, 6.45) is -4.95. The molecular formula is C17H10F3N2NaO4S. The SMILES string of the molecule is O=S(=O)(O)c1ccc(N=Nc2c([O-])ccc3ccccc23)c(C(F)(F)F)c1.[Na+]. The van der Waals surface area contributed by atoms with E-state index >= 15 is 0 Å². The molecule has 0 amide bonds. The first-order chi connectivity index (χ1) is 12.6. The molecule has 0 saturated heterocycles. The van der Waals surface area contributed by atoms with Gasteiger partial charge in [0, 0.05) is 5.39 Å². The summed E-state index contributed by atoms with van der Waals surface area (Å²) in [5, 5.41) is 20.3. The molecule has 28 heavy (non-hydrogen) atoms.